The molecule has 0 atom stereocenters. The molecule has 0 aliphatic carbocycles. The molecule has 0 bridgehead atoms. The van der Waals surface area contributed by atoms with Gasteiger partial charge in [0.15, 0.2) is 0 Å². The molecule has 0 heterocycles. The fourth-order valence-corrected chi connectivity index (χ4v) is 2.08. The van der Waals surface area contributed by atoms with Gasteiger partial charge in [-0.15, -0.1) is 0 Å². The van der Waals surface area contributed by atoms with Gasteiger partial charge in [0.2, 0.25) is 0 Å². The van der Waals surface area contributed by atoms with Gasteiger partial charge < -0.3 is 5.32 Å². The second-order valence-corrected chi connectivity index (χ2v) is 5.54. The molecule has 0 fully saturated rings. The Hall–Kier alpha value is -1.67. The average molecular weight is 403 g/mol. The van der Waals surface area contributed by atoms with Crippen LogP contribution in [0.15, 0.2) is 42.5 Å². The van der Waals surface area contributed by atoms with Crippen LogP contribution in [0.3, 0.4) is 0 Å². The van der Waals surface area contributed by atoms with Crippen molar-refractivity contribution in [2.24, 2.45) is 0 Å². The number of nitro benzene ring substituents is 1. The van der Waals surface area contributed by atoms with Gasteiger partial charge in [-0.2, -0.15) is 0 Å². The highest BCUT2D eigenvalue weighted by Crippen LogP contribution is 2.25. The lowest BCUT2D eigenvalue weighted by Crippen LogP contribution is -2.12. The molecule has 2 rings (SSSR count). The van der Waals surface area contributed by atoms with Crippen molar-refractivity contribution in [3.63, 3.8) is 0 Å². The van der Waals surface area contributed by atoms with Crippen molar-refractivity contribution in [1.82, 2.24) is 0 Å². The van der Waals surface area contributed by atoms with E-state index in [9.17, 15) is 14.9 Å². The van der Waals surface area contributed by atoms with Gasteiger partial charge in [-0.1, -0.05) is 11.6 Å². The molecule has 0 saturated carbocycles. The van der Waals surface area contributed by atoms with Crippen LogP contribution in [0.5, 0.6) is 0 Å². The predicted molar refractivity (Wildman–Crippen MR) is 85.2 cm³/mol. The van der Waals surface area contributed by atoms with Crippen LogP contribution < -0.4 is 5.32 Å². The van der Waals surface area contributed by atoms with E-state index in [1.54, 1.807) is 12.1 Å². The normalized spacial score (nSPS) is 10.1. The first-order valence-electron chi connectivity index (χ1n) is 5.48. The summed E-state index contributed by atoms with van der Waals surface area (Å²) in [4.78, 5) is 22.2. The number of hydrogen-bond acceptors (Lipinski definition) is 3. The largest absolute Gasteiger partial charge is 0.322 e. The first kappa shape index (κ1) is 14.7. The van der Waals surface area contributed by atoms with E-state index in [1.165, 1.54) is 12.1 Å². The van der Waals surface area contributed by atoms with Gasteiger partial charge in [0, 0.05) is 20.9 Å². The molecule has 0 aliphatic heterocycles. The Morgan fingerprint density at radius 2 is 1.85 bits per heavy atom. The highest BCUT2D eigenvalue weighted by molar-refractivity contribution is 14.1. The quantitative estimate of drug-likeness (QED) is 0.477. The molecule has 0 aliphatic rings. The second-order valence-electron chi connectivity index (χ2n) is 3.88. The minimum absolute atomic E-state index is 0.000754. The van der Waals surface area contributed by atoms with Gasteiger partial charge in [0.05, 0.1) is 4.92 Å². The Morgan fingerprint density at radius 1 is 1.20 bits per heavy atom. The van der Waals surface area contributed by atoms with Gasteiger partial charge in [-0.25, -0.2) is 0 Å². The van der Waals surface area contributed by atoms with Crippen molar-refractivity contribution in [3.05, 3.63) is 66.7 Å². The summed E-state index contributed by atoms with van der Waals surface area (Å²) in [5.74, 6) is -0.425. The molecule has 2 aromatic carbocycles. The number of nitro groups is 1. The lowest BCUT2D eigenvalue weighted by molar-refractivity contribution is -0.384. The van der Waals surface area contributed by atoms with Crippen LogP contribution in [-0.4, -0.2) is 10.8 Å². The van der Waals surface area contributed by atoms with Gasteiger partial charge in [-0.05, 0) is 59.0 Å². The molecule has 0 aromatic heterocycles. The summed E-state index contributed by atoms with van der Waals surface area (Å²) >= 11 is 7.85. The number of benzene rings is 2. The monoisotopic (exact) mass is 402 g/mol. The number of amides is 1. The zero-order valence-electron chi connectivity index (χ0n) is 9.97. The molecule has 1 amide bonds. The summed E-state index contributed by atoms with van der Waals surface area (Å²) in [5, 5.41) is 13.4. The third-order valence-electron chi connectivity index (χ3n) is 2.51. The molecule has 0 spiro atoms. The van der Waals surface area contributed by atoms with Crippen molar-refractivity contribution >= 4 is 51.5 Å². The van der Waals surface area contributed by atoms with E-state index in [0.717, 1.165) is 9.64 Å². The third kappa shape index (κ3) is 3.45. The number of nitrogens with zero attached hydrogens (tertiary/aromatic N) is 1. The standard InChI is InChI=1S/C13H8ClIN2O3/c14-11-6-1-8(7-12(11)17(19)20)13(18)16-10-4-2-9(15)3-5-10/h1-7H,(H,16,18). The van der Waals surface area contributed by atoms with Crippen molar-refractivity contribution < 1.29 is 9.72 Å². The Bertz CT molecular complexity index is 674. The number of carbonyl (C=O) groups excluding carboxylic acids is 1. The van der Waals surface area contributed by atoms with E-state index in [4.69, 9.17) is 11.6 Å². The summed E-state index contributed by atoms with van der Waals surface area (Å²) in [5.41, 5.74) is 0.509. The highest BCUT2D eigenvalue weighted by atomic mass is 127. The summed E-state index contributed by atoms with van der Waals surface area (Å²) in [7, 11) is 0. The molecule has 0 saturated heterocycles. The average Bonchev–Trinajstić information content (AvgIpc) is 2.41. The van der Waals surface area contributed by atoms with Crippen LogP contribution in [0.4, 0.5) is 11.4 Å². The molecule has 0 unspecified atom stereocenters. The zero-order chi connectivity index (χ0) is 14.7. The molecule has 5 nitrogen and oxygen atoms in total. The fraction of sp³-hybridized carbons (Fsp3) is 0. The lowest BCUT2D eigenvalue weighted by Gasteiger charge is -2.05. The van der Waals surface area contributed by atoms with E-state index in [-0.39, 0.29) is 16.3 Å². The lowest BCUT2D eigenvalue weighted by atomic mass is 10.2. The molecule has 7 heteroatoms. The number of halogens is 2. The Balaban J connectivity index is 2.23. The Morgan fingerprint density at radius 3 is 2.45 bits per heavy atom. The van der Waals surface area contributed by atoms with Crippen molar-refractivity contribution in [3.8, 4) is 0 Å². The molecule has 20 heavy (non-hydrogen) atoms. The van der Waals surface area contributed by atoms with Crippen LogP contribution >= 0.6 is 34.2 Å². The van der Waals surface area contributed by atoms with E-state index in [2.05, 4.69) is 27.9 Å². The van der Waals surface area contributed by atoms with E-state index in [1.807, 2.05) is 12.1 Å². The number of rotatable bonds is 3. The van der Waals surface area contributed by atoms with Crippen LogP contribution in [0.25, 0.3) is 0 Å². The smallest absolute Gasteiger partial charge is 0.288 e. The first-order valence-corrected chi connectivity index (χ1v) is 6.94. The molecule has 2 aromatic rings. The molecule has 102 valence electrons. The SMILES string of the molecule is O=C(Nc1ccc(I)cc1)c1ccc(Cl)c([N+](=O)[O-])c1. The first-order chi connectivity index (χ1) is 9.47. The van der Waals surface area contributed by atoms with E-state index in [0.29, 0.717) is 5.69 Å². The maximum Gasteiger partial charge on any atom is 0.288 e. The topological polar surface area (TPSA) is 72.2 Å². The van der Waals surface area contributed by atoms with Crippen LogP contribution in [0.1, 0.15) is 10.4 Å². The van der Waals surface area contributed by atoms with Crippen LogP contribution in [0.2, 0.25) is 5.02 Å². The van der Waals surface area contributed by atoms with Gasteiger partial charge in [0.1, 0.15) is 5.02 Å². The number of anilines is 1. The number of hydrogen-bond donors (Lipinski definition) is 1. The third-order valence-corrected chi connectivity index (χ3v) is 3.55. The van der Waals surface area contributed by atoms with E-state index < -0.39 is 10.8 Å². The highest BCUT2D eigenvalue weighted by Gasteiger charge is 2.16. The predicted octanol–water partition coefficient (Wildman–Crippen LogP) is 4.11. The van der Waals surface area contributed by atoms with Gasteiger partial charge in [0.25, 0.3) is 11.6 Å². The molecule has 0 radical (unpaired) electrons. The van der Waals surface area contributed by atoms with Crippen molar-refractivity contribution in [2.75, 3.05) is 5.32 Å². The number of nitrogens with one attached hydrogen (secondary N) is 1. The zero-order valence-corrected chi connectivity index (χ0v) is 12.9. The Kier molecular flexibility index (Phi) is 4.56. The molecule has 1 N–H and O–H groups in total. The minimum atomic E-state index is -0.621. The second kappa shape index (κ2) is 6.19. The van der Waals surface area contributed by atoms with Gasteiger partial charge >= 0.3 is 0 Å². The summed E-state index contributed by atoms with van der Waals surface area (Å²) < 4.78 is 1.04. The minimum Gasteiger partial charge on any atom is -0.322 e. The van der Waals surface area contributed by atoms with Crippen molar-refractivity contribution in [2.45, 2.75) is 0 Å². The molecular formula is C13H8ClIN2O3. The maximum absolute atomic E-state index is 12.0. The Labute approximate surface area is 133 Å². The summed E-state index contributed by atoms with van der Waals surface area (Å²) in [6.45, 7) is 0. The van der Waals surface area contributed by atoms with Crippen LogP contribution in [0, 0.1) is 13.7 Å². The fourth-order valence-electron chi connectivity index (χ4n) is 1.53. The van der Waals surface area contributed by atoms with Gasteiger partial charge in [-0.3, -0.25) is 14.9 Å². The summed E-state index contributed by atoms with van der Waals surface area (Å²) in [6, 6.07) is 11.1. The van der Waals surface area contributed by atoms with Crippen molar-refractivity contribution in [1.29, 1.82) is 0 Å². The van der Waals surface area contributed by atoms with E-state index >= 15 is 0 Å². The maximum atomic E-state index is 12.0. The van der Waals surface area contributed by atoms with Crippen LogP contribution in [-0.2, 0) is 0 Å². The summed E-state index contributed by atoms with van der Waals surface area (Å²) in [6.07, 6.45) is 0. The number of carbonyl (C=O) groups is 1. The molecular weight excluding hydrogens is 395 g/mol.